The molecule has 0 fully saturated rings. The summed E-state index contributed by atoms with van der Waals surface area (Å²) in [5.41, 5.74) is 0.640. The van der Waals surface area contributed by atoms with Crippen LogP contribution >= 0.6 is 0 Å². The third-order valence-corrected chi connectivity index (χ3v) is 10.5. The van der Waals surface area contributed by atoms with Crippen LogP contribution in [0.15, 0.2) is 79.1 Å². The van der Waals surface area contributed by atoms with E-state index < -0.39 is 11.3 Å². The lowest BCUT2D eigenvalue weighted by molar-refractivity contribution is -0.135. The van der Waals surface area contributed by atoms with Gasteiger partial charge in [0.05, 0.1) is 21.8 Å². The molecule has 0 aliphatic rings. The molecule has 0 radical (unpaired) electrons. The maximum atomic E-state index is 13.0. The summed E-state index contributed by atoms with van der Waals surface area (Å²) in [7, 11) is 0. The number of unbranched alkanes of at least 4 members (excludes halogenated alkanes) is 18. The first-order valence-corrected chi connectivity index (χ1v) is 21.8. The molecule has 0 saturated carbocycles. The molecule has 0 unspecified atom stereocenters. The van der Waals surface area contributed by atoms with Gasteiger partial charge >= 0.3 is 23.2 Å². The number of ether oxygens (including phenoxy) is 2. The Bertz CT molecular complexity index is 2020. The summed E-state index contributed by atoms with van der Waals surface area (Å²) in [5, 5.41) is 0.414. The first-order valence-electron chi connectivity index (χ1n) is 21.8. The van der Waals surface area contributed by atoms with Crippen LogP contribution in [-0.2, 0) is 9.59 Å². The van der Waals surface area contributed by atoms with E-state index in [1.54, 1.807) is 48.5 Å². The maximum Gasteiger partial charge on any atom is 0.347 e. The zero-order chi connectivity index (χ0) is 41.0. The maximum absolute atomic E-state index is 13.0. The number of fused-ring (bicyclic) bond motifs is 2. The Morgan fingerprint density at radius 3 is 1.14 bits per heavy atom. The van der Waals surface area contributed by atoms with E-state index in [1.807, 2.05) is 0 Å². The number of carbonyl (C=O) groups excluding carboxylic acids is 2. The first kappa shape index (κ1) is 44.0. The third-order valence-electron chi connectivity index (χ3n) is 10.5. The number of rotatable bonds is 26. The molecule has 2 heterocycles. The molecule has 5 aromatic rings. The average molecular weight is 793 g/mol. The summed E-state index contributed by atoms with van der Waals surface area (Å²) in [6, 6.07) is 16.2. The highest BCUT2D eigenvalue weighted by Crippen LogP contribution is 2.27. The van der Waals surface area contributed by atoms with Crippen molar-refractivity contribution in [2.75, 3.05) is 0 Å². The molecule has 58 heavy (non-hydrogen) atoms. The van der Waals surface area contributed by atoms with E-state index in [1.165, 1.54) is 102 Å². The molecule has 310 valence electrons. The topological polar surface area (TPSA) is 139 Å². The number of hydrogen-bond donors (Lipinski definition) is 0. The number of carbonyl (C=O) groups is 2. The summed E-state index contributed by atoms with van der Waals surface area (Å²) in [5.74, 6) is 0.111. The predicted octanol–water partition coefficient (Wildman–Crippen LogP) is 12.5. The highest BCUT2D eigenvalue weighted by molar-refractivity contribution is 5.83. The molecular weight excluding hydrogens is 733 g/mol. The van der Waals surface area contributed by atoms with Gasteiger partial charge in [0.2, 0.25) is 11.8 Å². The molecule has 10 heteroatoms. The van der Waals surface area contributed by atoms with Crippen LogP contribution in [0.2, 0.25) is 0 Å². The van der Waals surface area contributed by atoms with Crippen molar-refractivity contribution in [2.24, 2.45) is 0 Å². The van der Waals surface area contributed by atoms with Crippen molar-refractivity contribution in [3.05, 3.63) is 81.5 Å². The second-order valence-electron chi connectivity index (χ2n) is 15.4. The van der Waals surface area contributed by atoms with Gasteiger partial charge in [0, 0.05) is 24.0 Å². The largest absolute Gasteiger partial charge is 0.427 e. The van der Waals surface area contributed by atoms with Crippen LogP contribution < -0.4 is 20.7 Å². The number of hydrogen-bond acceptors (Lipinski definition) is 10. The monoisotopic (exact) mass is 792 g/mol. The summed E-state index contributed by atoms with van der Waals surface area (Å²) >= 11 is 0. The van der Waals surface area contributed by atoms with Gasteiger partial charge in [-0.25, -0.2) is 19.6 Å². The average Bonchev–Trinajstić information content (AvgIpc) is 3.22. The van der Waals surface area contributed by atoms with Gasteiger partial charge in [-0.3, -0.25) is 9.59 Å². The van der Waals surface area contributed by atoms with Crippen molar-refractivity contribution in [1.82, 2.24) is 9.97 Å². The Labute approximate surface area is 341 Å². The molecule has 5 rings (SSSR count). The van der Waals surface area contributed by atoms with Crippen LogP contribution in [0.3, 0.4) is 0 Å². The molecule has 10 nitrogen and oxygen atoms in total. The van der Waals surface area contributed by atoms with E-state index >= 15 is 0 Å². The van der Waals surface area contributed by atoms with Crippen molar-refractivity contribution in [1.29, 1.82) is 0 Å². The molecule has 0 amide bonds. The van der Waals surface area contributed by atoms with E-state index in [4.69, 9.17) is 18.3 Å². The Hall–Kier alpha value is -5.12. The third kappa shape index (κ3) is 14.1. The summed E-state index contributed by atoms with van der Waals surface area (Å²) in [4.78, 5) is 60.0. The van der Waals surface area contributed by atoms with Gasteiger partial charge in [0.25, 0.3) is 0 Å². The van der Waals surface area contributed by atoms with Crippen molar-refractivity contribution < 1.29 is 27.9 Å². The second kappa shape index (κ2) is 24.0. The fourth-order valence-corrected chi connectivity index (χ4v) is 7.11. The molecule has 3 aromatic carbocycles. The highest BCUT2D eigenvalue weighted by atomic mass is 16.5. The van der Waals surface area contributed by atoms with Crippen molar-refractivity contribution in [3.63, 3.8) is 0 Å². The minimum Gasteiger partial charge on any atom is -0.427 e. The normalized spacial score (nSPS) is 11.3. The minimum absolute atomic E-state index is 0.109. The van der Waals surface area contributed by atoms with Crippen LogP contribution in [0.4, 0.5) is 0 Å². The molecular formula is C48H60N2O8. The van der Waals surface area contributed by atoms with E-state index in [9.17, 15) is 19.2 Å². The van der Waals surface area contributed by atoms with E-state index in [0.717, 1.165) is 38.5 Å². The number of nitrogens with zero attached hydrogens (tertiary/aromatic N) is 2. The predicted molar refractivity (Wildman–Crippen MR) is 229 cm³/mol. The smallest absolute Gasteiger partial charge is 0.347 e. The van der Waals surface area contributed by atoms with Gasteiger partial charge in [-0.15, -0.1) is 0 Å². The standard InChI is InChI=1S/C48H60N2O8/c1-3-5-7-9-11-13-15-17-19-21-23-43(51)55-37-29-31-41-39(33-37)47(53)57-45(49-41)35-25-27-36(28-26-35)46-50-42-32-30-38(34-40(42)48(54)58-46)56-44(52)24-22-20-18-16-14-12-10-8-6-4-2/h25-34H,3-24H2,1-2H3. The van der Waals surface area contributed by atoms with Gasteiger partial charge < -0.3 is 18.3 Å². The number of aromatic nitrogens is 2. The lowest BCUT2D eigenvalue weighted by Gasteiger charge is -2.07. The van der Waals surface area contributed by atoms with Gasteiger partial charge in [-0.1, -0.05) is 129 Å². The quantitative estimate of drug-likeness (QED) is 0.0302. The van der Waals surface area contributed by atoms with Crippen molar-refractivity contribution in [2.45, 2.75) is 155 Å². The van der Waals surface area contributed by atoms with Crippen LogP contribution in [0.1, 0.15) is 155 Å². The second-order valence-corrected chi connectivity index (χ2v) is 15.4. The first-order chi connectivity index (χ1) is 28.3. The number of benzene rings is 3. The zero-order valence-corrected chi connectivity index (χ0v) is 34.5. The summed E-state index contributed by atoms with van der Waals surface area (Å²) < 4.78 is 22.2. The van der Waals surface area contributed by atoms with Crippen LogP contribution in [-0.4, -0.2) is 21.9 Å². The van der Waals surface area contributed by atoms with Gasteiger partial charge in [-0.2, -0.15) is 0 Å². The van der Waals surface area contributed by atoms with Crippen molar-refractivity contribution in [3.8, 4) is 34.4 Å². The molecule has 0 atom stereocenters. The molecule has 0 spiro atoms. The van der Waals surface area contributed by atoms with E-state index in [-0.39, 0.29) is 46.0 Å². The van der Waals surface area contributed by atoms with Crippen LogP contribution in [0, 0.1) is 0 Å². The Morgan fingerprint density at radius 1 is 0.466 bits per heavy atom. The molecule has 0 bridgehead atoms. The van der Waals surface area contributed by atoms with Gasteiger partial charge in [0.1, 0.15) is 11.5 Å². The Morgan fingerprint density at radius 2 is 0.793 bits per heavy atom. The van der Waals surface area contributed by atoms with E-state index in [0.29, 0.717) is 35.0 Å². The highest BCUT2D eigenvalue weighted by Gasteiger charge is 2.15. The summed E-state index contributed by atoms with van der Waals surface area (Å²) in [6.45, 7) is 4.46. The Kier molecular flexibility index (Phi) is 18.2. The van der Waals surface area contributed by atoms with E-state index in [2.05, 4.69) is 23.8 Å². The lowest BCUT2D eigenvalue weighted by atomic mass is 10.1. The molecule has 0 N–H and O–H groups in total. The SMILES string of the molecule is CCCCCCCCCCCCC(=O)Oc1ccc2nc(-c3ccc(-c4nc5ccc(OC(=O)CCCCCCCCCCCC)cc5c(=O)o4)cc3)oc(=O)c2c1. The van der Waals surface area contributed by atoms with Crippen LogP contribution in [0.25, 0.3) is 44.7 Å². The lowest BCUT2D eigenvalue weighted by Crippen LogP contribution is -2.09. The fourth-order valence-electron chi connectivity index (χ4n) is 7.11. The van der Waals surface area contributed by atoms with Gasteiger partial charge in [0.15, 0.2) is 0 Å². The molecule has 0 saturated heterocycles. The molecule has 0 aliphatic carbocycles. The molecule has 0 aliphatic heterocycles. The van der Waals surface area contributed by atoms with Crippen LogP contribution in [0.5, 0.6) is 11.5 Å². The minimum atomic E-state index is -0.609. The fraction of sp³-hybridized carbons (Fsp3) is 0.500. The number of esters is 2. The molecule has 2 aromatic heterocycles. The summed E-state index contributed by atoms with van der Waals surface area (Å²) in [6.07, 6.45) is 24.3. The van der Waals surface area contributed by atoms with Crippen molar-refractivity contribution >= 4 is 33.7 Å². The zero-order valence-electron chi connectivity index (χ0n) is 34.5. The Balaban J connectivity index is 1.10. The van der Waals surface area contributed by atoms with Gasteiger partial charge in [-0.05, 0) is 73.5 Å².